The molecule has 0 aliphatic carbocycles. The van der Waals surface area contributed by atoms with Crippen molar-refractivity contribution in [1.29, 1.82) is 0 Å². The second-order valence-corrected chi connectivity index (χ2v) is 5.39. The lowest BCUT2D eigenvalue weighted by Gasteiger charge is -2.11. The summed E-state index contributed by atoms with van der Waals surface area (Å²) in [4.78, 5) is 8.66. The highest BCUT2D eigenvalue weighted by Crippen LogP contribution is 2.23. The van der Waals surface area contributed by atoms with Crippen molar-refractivity contribution in [2.24, 2.45) is 5.84 Å². The summed E-state index contributed by atoms with van der Waals surface area (Å²) in [6.07, 6.45) is 0. The van der Waals surface area contributed by atoms with Gasteiger partial charge in [0.2, 0.25) is 0 Å². The van der Waals surface area contributed by atoms with Gasteiger partial charge in [0.25, 0.3) is 0 Å². The molecule has 0 radical (unpaired) electrons. The lowest BCUT2D eigenvalue weighted by Crippen LogP contribution is -2.12. The number of hydrazine groups is 1. The van der Waals surface area contributed by atoms with E-state index < -0.39 is 0 Å². The number of benzene rings is 1. The molecule has 21 heavy (non-hydrogen) atoms. The van der Waals surface area contributed by atoms with Gasteiger partial charge < -0.3 is 15.5 Å². The highest BCUT2D eigenvalue weighted by atomic mass is 79.9. The first-order valence-electron chi connectivity index (χ1n) is 6.57. The van der Waals surface area contributed by atoms with Crippen LogP contribution in [0.25, 0.3) is 0 Å². The number of aromatic nitrogens is 2. The van der Waals surface area contributed by atoms with Crippen LogP contribution in [0, 0.1) is 6.92 Å². The van der Waals surface area contributed by atoms with E-state index in [9.17, 15) is 0 Å². The number of rotatable bonds is 6. The van der Waals surface area contributed by atoms with Crippen molar-refractivity contribution in [2.75, 3.05) is 17.3 Å². The third-order valence-electron chi connectivity index (χ3n) is 2.67. The Morgan fingerprint density at radius 1 is 1.19 bits per heavy atom. The Bertz CT molecular complexity index is 600. The van der Waals surface area contributed by atoms with Crippen LogP contribution in [0.2, 0.25) is 0 Å². The molecular formula is C14H18BrN5O. The monoisotopic (exact) mass is 351 g/mol. The summed E-state index contributed by atoms with van der Waals surface area (Å²) in [5.41, 5.74) is 4.62. The minimum absolute atomic E-state index is 0.345. The number of anilines is 3. The van der Waals surface area contributed by atoms with E-state index in [4.69, 9.17) is 10.6 Å². The SMILES string of the molecule is CCOCc1nc(NN)cc(Nc2cc(C)cc(Br)c2)n1. The molecule has 0 bridgehead atoms. The highest BCUT2D eigenvalue weighted by molar-refractivity contribution is 9.10. The van der Waals surface area contributed by atoms with Crippen LogP contribution in [0.3, 0.4) is 0 Å². The molecule has 2 rings (SSSR count). The Morgan fingerprint density at radius 3 is 2.62 bits per heavy atom. The fraction of sp³-hybridized carbons (Fsp3) is 0.286. The van der Waals surface area contributed by atoms with E-state index in [0.717, 1.165) is 15.7 Å². The van der Waals surface area contributed by atoms with Crippen molar-refractivity contribution in [3.63, 3.8) is 0 Å². The molecule has 7 heteroatoms. The zero-order chi connectivity index (χ0) is 15.2. The van der Waals surface area contributed by atoms with Gasteiger partial charge in [-0.3, -0.25) is 0 Å². The van der Waals surface area contributed by atoms with Crippen molar-refractivity contribution >= 4 is 33.3 Å². The number of hydrogen-bond donors (Lipinski definition) is 3. The van der Waals surface area contributed by atoms with Crippen molar-refractivity contribution in [1.82, 2.24) is 9.97 Å². The molecule has 0 atom stereocenters. The van der Waals surface area contributed by atoms with E-state index in [1.807, 2.05) is 32.0 Å². The average molecular weight is 352 g/mol. The first-order chi connectivity index (χ1) is 10.1. The molecule has 1 aromatic carbocycles. The molecule has 2 aromatic rings. The number of nitrogens with two attached hydrogens (primary N) is 1. The maximum atomic E-state index is 5.44. The molecule has 0 aliphatic rings. The number of nitrogen functional groups attached to an aromatic ring is 1. The quantitative estimate of drug-likeness (QED) is 0.547. The predicted octanol–water partition coefficient (Wildman–Crippen LogP) is 3.11. The zero-order valence-electron chi connectivity index (χ0n) is 12.0. The molecule has 112 valence electrons. The lowest BCUT2D eigenvalue weighted by atomic mass is 10.2. The second-order valence-electron chi connectivity index (χ2n) is 4.48. The van der Waals surface area contributed by atoms with Gasteiger partial charge >= 0.3 is 0 Å². The van der Waals surface area contributed by atoms with Crippen molar-refractivity contribution in [2.45, 2.75) is 20.5 Å². The number of halogens is 1. The molecule has 0 saturated carbocycles. The standard InChI is InChI=1S/C14H18BrN5O/c1-3-21-8-14-18-12(7-13(19-14)20-16)17-11-5-9(2)4-10(15)6-11/h4-7H,3,8,16H2,1-2H3,(H2,17,18,19,20). The average Bonchev–Trinajstić information content (AvgIpc) is 2.43. The second kappa shape index (κ2) is 7.35. The Morgan fingerprint density at radius 2 is 1.95 bits per heavy atom. The van der Waals surface area contributed by atoms with Crippen LogP contribution >= 0.6 is 15.9 Å². The molecule has 0 saturated heterocycles. The molecule has 0 unspecified atom stereocenters. The molecule has 0 amide bonds. The van der Waals surface area contributed by atoms with Crippen LogP contribution in [0.5, 0.6) is 0 Å². The van der Waals surface area contributed by atoms with Crippen LogP contribution in [-0.2, 0) is 11.3 Å². The van der Waals surface area contributed by atoms with Gasteiger partial charge in [-0.05, 0) is 37.6 Å². The minimum atomic E-state index is 0.345. The lowest BCUT2D eigenvalue weighted by molar-refractivity contribution is 0.128. The first-order valence-corrected chi connectivity index (χ1v) is 7.36. The first kappa shape index (κ1) is 15.7. The van der Waals surface area contributed by atoms with Gasteiger partial charge in [0, 0.05) is 22.8 Å². The minimum Gasteiger partial charge on any atom is -0.374 e. The van der Waals surface area contributed by atoms with E-state index in [1.54, 1.807) is 6.07 Å². The van der Waals surface area contributed by atoms with E-state index in [2.05, 4.69) is 36.6 Å². The van der Waals surface area contributed by atoms with Crippen LogP contribution in [0.15, 0.2) is 28.7 Å². The summed E-state index contributed by atoms with van der Waals surface area (Å²) in [6.45, 7) is 4.91. The number of nitrogens with zero attached hydrogens (tertiary/aromatic N) is 2. The third kappa shape index (κ3) is 4.66. The Hall–Kier alpha value is -1.70. The molecule has 1 aromatic heterocycles. The van der Waals surface area contributed by atoms with E-state index >= 15 is 0 Å². The maximum Gasteiger partial charge on any atom is 0.158 e. The topological polar surface area (TPSA) is 85.1 Å². The number of aryl methyl sites for hydroxylation is 1. The fourth-order valence-corrected chi connectivity index (χ4v) is 2.46. The summed E-state index contributed by atoms with van der Waals surface area (Å²) in [6, 6.07) is 7.79. The Kier molecular flexibility index (Phi) is 5.49. The number of nitrogens with one attached hydrogen (secondary N) is 2. The zero-order valence-corrected chi connectivity index (χ0v) is 13.6. The van der Waals surface area contributed by atoms with Gasteiger partial charge in [-0.2, -0.15) is 0 Å². The van der Waals surface area contributed by atoms with Gasteiger partial charge in [-0.25, -0.2) is 15.8 Å². The van der Waals surface area contributed by atoms with Gasteiger partial charge in [-0.15, -0.1) is 0 Å². The molecule has 4 N–H and O–H groups in total. The summed E-state index contributed by atoms with van der Waals surface area (Å²) < 4.78 is 6.34. The van der Waals surface area contributed by atoms with Gasteiger partial charge in [-0.1, -0.05) is 15.9 Å². The van der Waals surface area contributed by atoms with Crippen LogP contribution in [0.1, 0.15) is 18.3 Å². The smallest absolute Gasteiger partial charge is 0.158 e. The summed E-state index contributed by atoms with van der Waals surface area (Å²) in [5.74, 6) is 7.21. The molecule has 0 spiro atoms. The maximum absolute atomic E-state index is 5.44. The predicted molar refractivity (Wildman–Crippen MR) is 87.3 cm³/mol. The van der Waals surface area contributed by atoms with Crippen molar-refractivity contribution in [3.8, 4) is 0 Å². The highest BCUT2D eigenvalue weighted by Gasteiger charge is 2.05. The Labute approximate surface area is 132 Å². The van der Waals surface area contributed by atoms with Crippen molar-refractivity contribution in [3.05, 3.63) is 40.1 Å². The third-order valence-corrected chi connectivity index (χ3v) is 3.13. The summed E-state index contributed by atoms with van der Waals surface area (Å²) in [5, 5.41) is 3.24. The van der Waals surface area contributed by atoms with Gasteiger partial charge in [0.05, 0.1) is 0 Å². The molecular weight excluding hydrogens is 334 g/mol. The van der Waals surface area contributed by atoms with Crippen molar-refractivity contribution < 1.29 is 4.74 Å². The van der Waals surface area contributed by atoms with E-state index in [-0.39, 0.29) is 0 Å². The van der Waals surface area contributed by atoms with Crippen LogP contribution < -0.4 is 16.6 Å². The summed E-state index contributed by atoms with van der Waals surface area (Å²) >= 11 is 3.48. The normalized spacial score (nSPS) is 10.5. The van der Waals surface area contributed by atoms with Crippen LogP contribution in [-0.4, -0.2) is 16.6 Å². The van der Waals surface area contributed by atoms with Crippen LogP contribution in [0.4, 0.5) is 17.3 Å². The van der Waals surface area contributed by atoms with E-state index in [1.165, 1.54) is 0 Å². The summed E-state index contributed by atoms with van der Waals surface area (Å²) in [7, 11) is 0. The van der Waals surface area contributed by atoms with E-state index in [0.29, 0.717) is 30.7 Å². The van der Waals surface area contributed by atoms with Gasteiger partial charge in [0.1, 0.15) is 18.2 Å². The Balaban J connectivity index is 2.25. The largest absolute Gasteiger partial charge is 0.374 e. The number of ether oxygens (including phenoxy) is 1. The molecule has 1 heterocycles. The fourth-order valence-electron chi connectivity index (χ4n) is 1.85. The number of hydrogen-bond acceptors (Lipinski definition) is 6. The van der Waals surface area contributed by atoms with Gasteiger partial charge in [0.15, 0.2) is 5.82 Å². The molecule has 0 fully saturated rings. The molecule has 0 aliphatic heterocycles. The molecule has 6 nitrogen and oxygen atoms in total.